The number of esters is 1. The summed E-state index contributed by atoms with van der Waals surface area (Å²) >= 11 is 0. The summed E-state index contributed by atoms with van der Waals surface area (Å²) in [5.74, 6) is -1.66. The molecule has 1 aromatic carbocycles. The number of hydrogen-bond acceptors (Lipinski definition) is 4. The van der Waals surface area contributed by atoms with E-state index < -0.39 is 28.6 Å². The molecule has 5 nitrogen and oxygen atoms in total. The molecule has 5 rings (SSSR count). The molecule has 0 saturated heterocycles. The number of hydrogen-bond donors (Lipinski definition) is 1. The van der Waals surface area contributed by atoms with Crippen LogP contribution >= 0.6 is 0 Å². The number of rotatable bonds is 2. The maximum atomic E-state index is 13.2. The number of amides is 1. The zero-order chi connectivity index (χ0) is 17.1. The second-order valence-electron chi connectivity index (χ2n) is 7.39. The molecule has 3 aliphatic carbocycles. The molecule has 2 bridgehead atoms. The second kappa shape index (κ2) is 4.91. The number of fused-ring (bicyclic) bond motifs is 3. The summed E-state index contributed by atoms with van der Waals surface area (Å²) in [6, 6.07) is 7.52. The zero-order valence-corrected chi connectivity index (χ0v) is 13.9. The summed E-state index contributed by atoms with van der Waals surface area (Å²) in [6.45, 7) is 3.97. The van der Waals surface area contributed by atoms with Gasteiger partial charge >= 0.3 is 5.97 Å². The minimum atomic E-state index is -1.01. The van der Waals surface area contributed by atoms with Crippen LogP contribution in [0.5, 0.6) is 0 Å². The summed E-state index contributed by atoms with van der Waals surface area (Å²) in [5, 5.41) is 2.95. The molecular weight excluding hydrogens is 306 g/mol. The monoisotopic (exact) mass is 327 g/mol. The van der Waals surface area contributed by atoms with Gasteiger partial charge < -0.3 is 10.1 Å². The van der Waals surface area contributed by atoms with E-state index in [1.165, 1.54) is 0 Å². The van der Waals surface area contributed by atoms with Crippen molar-refractivity contribution in [3.05, 3.63) is 29.8 Å². The van der Waals surface area contributed by atoms with Crippen LogP contribution in [0.2, 0.25) is 0 Å². The minimum Gasteiger partial charge on any atom is -0.466 e. The Bertz CT molecular complexity index is 757. The van der Waals surface area contributed by atoms with E-state index in [4.69, 9.17) is 4.74 Å². The SMILES string of the molecule is CCOC(=O)[C@@H]1[C@H]2CC[C@](C)(CC2=O)[C@]12C(=O)Nc1ccccc12. The van der Waals surface area contributed by atoms with E-state index in [0.29, 0.717) is 12.8 Å². The normalized spacial score (nSPS) is 36.6. The maximum Gasteiger partial charge on any atom is 0.311 e. The van der Waals surface area contributed by atoms with Crippen LogP contribution in [0.1, 0.15) is 38.7 Å². The minimum absolute atomic E-state index is 0.0876. The number of Topliss-reactive ketones (excluding diaryl/α,β-unsaturated/α-hetero) is 1. The van der Waals surface area contributed by atoms with Gasteiger partial charge in [-0.2, -0.15) is 0 Å². The molecule has 4 aliphatic rings. The van der Waals surface area contributed by atoms with Crippen LogP contribution in [0.3, 0.4) is 0 Å². The summed E-state index contributed by atoms with van der Waals surface area (Å²) in [5.41, 5.74) is 0.0189. The van der Waals surface area contributed by atoms with Crippen LogP contribution in [-0.2, 0) is 24.5 Å². The molecule has 0 aromatic heterocycles. The van der Waals surface area contributed by atoms with E-state index in [1.54, 1.807) is 6.92 Å². The van der Waals surface area contributed by atoms with E-state index in [0.717, 1.165) is 17.7 Å². The fourth-order valence-corrected chi connectivity index (χ4v) is 5.37. The average Bonchev–Trinajstić information content (AvgIpc) is 2.83. The molecule has 0 unspecified atom stereocenters. The number of anilines is 1. The lowest BCUT2D eigenvalue weighted by atomic mass is 9.41. The van der Waals surface area contributed by atoms with Crippen molar-refractivity contribution in [2.45, 2.75) is 38.5 Å². The van der Waals surface area contributed by atoms with Gasteiger partial charge in [0.25, 0.3) is 0 Å². The molecular formula is C19H21NO4. The average molecular weight is 327 g/mol. The van der Waals surface area contributed by atoms with Crippen molar-refractivity contribution in [3.63, 3.8) is 0 Å². The van der Waals surface area contributed by atoms with Crippen molar-refractivity contribution in [2.24, 2.45) is 17.3 Å². The van der Waals surface area contributed by atoms with E-state index in [9.17, 15) is 14.4 Å². The van der Waals surface area contributed by atoms with Gasteiger partial charge in [-0.1, -0.05) is 25.1 Å². The highest BCUT2D eigenvalue weighted by Gasteiger charge is 2.72. The molecule has 5 heteroatoms. The van der Waals surface area contributed by atoms with Gasteiger partial charge in [-0.05, 0) is 36.8 Å². The van der Waals surface area contributed by atoms with Gasteiger partial charge in [0, 0.05) is 18.0 Å². The standard InChI is InChI=1S/C19H21NO4/c1-3-24-16(22)15-11-8-9-18(2,10-14(11)21)19(15)12-6-4-5-7-13(12)20-17(19)23/h4-7,11,15H,3,8-10H2,1-2H3,(H,20,23)/t11-,15-,18+,19-/m0/s1. The van der Waals surface area contributed by atoms with Crippen molar-refractivity contribution in [3.8, 4) is 0 Å². The van der Waals surface area contributed by atoms with Crippen molar-refractivity contribution >= 4 is 23.3 Å². The first-order valence-corrected chi connectivity index (χ1v) is 8.56. The maximum absolute atomic E-state index is 13.2. The quantitative estimate of drug-likeness (QED) is 0.847. The largest absolute Gasteiger partial charge is 0.466 e. The fraction of sp³-hybridized carbons (Fsp3) is 0.526. The fourth-order valence-electron chi connectivity index (χ4n) is 5.37. The van der Waals surface area contributed by atoms with Gasteiger partial charge in [0.2, 0.25) is 5.91 Å². The summed E-state index contributed by atoms with van der Waals surface area (Å²) in [4.78, 5) is 38.6. The summed E-state index contributed by atoms with van der Waals surface area (Å²) < 4.78 is 5.31. The van der Waals surface area contributed by atoms with E-state index in [1.807, 2.05) is 31.2 Å². The highest BCUT2D eigenvalue weighted by Crippen LogP contribution is 2.66. The number of carbonyl (C=O) groups is 3. The molecule has 1 amide bonds. The van der Waals surface area contributed by atoms with Crippen LogP contribution in [0.4, 0.5) is 5.69 Å². The molecule has 1 aliphatic heterocycles. The highest BCUT2D eigenvalue weighted by atomic mass is 16.5. The number of ketones is 1. The lowest BCUT2D eigenvalue weighted by Gasteiger charge is -2.58. The molecule has 126 valence electrons. The molecule has 24 heavy (non-hydrogen) atoms. The van der Waals surface area contributed by atoms with Gasteiger partial charge in [0.15, 0.2) is 0 Å². The topological polar surface area (TPSA) is 72.5 Å². The number of ether oxygens (including phenoxy) is 1. The Hall–Kier alpha value is -2.17. The van der Waals surface area contributed by atoms with Gasteiger partial charge in [0.05, 0.1) is 17.9 Å². The molecule has 4 atom stereocenters. The van der Waals surface area contributed by atoms with Crippen LogP contribution in [0.25, 0.3) is 0 Å². The van der Waals surface area contributed by atoms with Crippen LogP contribution < -0.4 is 5.32 Å². The van der Waals surface area contributed by atoms with Crippen LogP contribution in [0.15, 0.2) is 24.3 Å². The van der Waals surface area contributed by atoms with E-state index in [-0.39, 0.29) is 18.3 Å². The molecule has 3 fully saturated rings. The van der Waals surface area contributed by atoms with Crippen molar-refractivity contribution in [2.75, 3.05) is 11.9 Å². The Morgan fingerprint density at radius 2 is 2.08 bits per heavy atom. The molecule has 1 aromatic rings. The third kappa shape index (κ3) is 1.62. The Labute approximate surface area is 140 Å². The first-order valence-electron chi connectivity index (χ1n) is 8.56. The zero-order valence-electron chi connectivity index (χ0n) is 13.9. The molecule has 1 spiro atoms. The molecule has 1 N–H and O–H groups in total. The lowest BCUT2D eigenvalue weighted by Crippen LogP contribution is -2.66. The second-order valence-corrected chi connectivity index (χ2v) is 7.39. The van der Waals surface area contributed by atoms with E-state index >= 15 is 0 Å². The molecule has 3 saturated carbocycles. The van der Waals surface area contributed by atoms with Gasteiger partial charge in [-0.25, -0.2) is 0 Å². The van der Waals surface area contributed by atoms with Gasteiger partial charge in [0.1, 0.15) is 5.78 Å². The molecule has 1 heterocycles. The third-order valence-corrected chi connectivity index (χ3v) is 6.30. The van der Waals surface area contributed by atoms with Crippen molar-refractivity contribution in [1.82, 2.24) is 0 Å². The number of carbonyl (C=O) groups excluding carboxylic acids is 3. The summed E-state index contributed by atoms with van der Waals surface area (Å²) in [7, 11) is 0. The predicted molar refractivity (Wildman–Crippen MR) is 87.3 cm³/mol. The number of nitrogens with one attached hydrogen (secondary N) is 1. The smallest absolute Gasteiger partial charge is 0.311 e. The highest BCUT2D eigenvalue weighted by molar-refractivity contribution is 6.12. The Kier molecular flexibility index (Phi) is 3.15. The van der Waals surface area contributed by atoms with Crippen molar-refractivity contribution in [1.29, 1.82) is 0 Å². The first kappa shape index (κ1) is 15.4. The Morgan fingerprint density at radius 1 is 1.33 bits per heavy atom. The van der Waals surface area contributed by atoms with E-state index in [2.05, 4.69) is 5.32 Å². The predicted octanol–water partition coefficient (Wildman–Crippen LogP) is 2.44. The van der Waals surface area contributed by atoms with Crippen LogP contribution in [0, 0.1) is 17.3 Å². The van der Waals surface area contributed by atoms with Crippen molar-refractivity contribution < 1.29 is 19.1 Å². The van der Waals surface area contributed by atoms with Gasteiger partial charge in [-0.3, -0.25) is 14.4 Å². The van der Waals surface area contributed by atoms with Crippen LogP contribution in [-0.4, -0.2) is 24.3 Å². The molecule has 0 radical (unpaired) electrons. The number of para-hydroxylation sites is 1. The Morgan fingerprint density at radius 3 is 2.79 bits per heavy atom. The van der Waals surface area contributed by atoms with Gasteiger partial charge in [-0.15, -0.1) is 0 Å². The Balaban J connectivity index is 1.98. The number of benzene rings is 1. The first-order chi connectivity index (χ1) is 11.5. The lowest BCUT2D eigenvalue weighted by molar-refractivity contribution is -0.176. The summed E-state index contributed by atoms with van der Waals surface area (Å²) in [6.07, 6.45) is 1.76. The third-order valence-electron chi connectivity index (χ3n) is 6.30.